The Balaban J connectivity index is 1.30. The fraction of sp³-hybridized carbons (Fsp3) is 0.346. The van der Waals surface area contributed by atoms with Gasteiger partial charge in [-0.1, -0.05) is 0 Å². The largest absolute Gasteiger partial charge is 0.490 e. The van der Waals surface area contributed by atoms with Crippen LogP contribution < -0.4 is 19.7 Å². The Morgan fingerprint density at radius 3 is 2.58 bits per heavy atom. The number of hydrogen-bond acceptors (Lipinski definition) is 8. The predicted molar refractivity (Wildman–Crippen MR) is 137 cm³/mol. The molecule has 0 spiro atoms. The summed E-state index contributed by atoms with van der Waals surface area (Å²) < 4.78 is 52.3. The molecule has 1 aliphatic rings. The minimum Gasteiger partial charge on any atom is -0.490 e. The number of amides is 1. The van der Waals surface area contributed by atoms with Crippen LogP contribution in [0.4, 0.5) is 35.4 Å². The molecule has 0 saturated carbocycles. The van der Waals surface area contributed by atoms with Gasteiger partial charge in [0.15, 0.2) is 23.1 Å². The molecular formula is C26H29F3N6O3. The number of carbonyl (C=O) groups is 1. The second kappa shape index (κ2) is 12.6. The van der Waals surface area contributed by atoms with Gasteiger partial charge in [0.25, 0.3) is 0 Å². The summed E-state index contributed by atoms with van der Waals surface area (Å²) in [5.41, 5.74) is 0.372. The summed E-state index contributed by atoms with van der Waals surface area (Å²) in [6, 6.07) is 8.37. The molecule has 1 amide bonds. The van der Waals surface area contributed by atoms with Gasteiger partial charge in [0.05, 0.1) is 6.61 Å². The molecule has 1 saturated heterocycles. The van der Waals surface area contributed by atoms with Crippen LogP contribution in [0.25, 0.3) is 0 Å². The second-order valence-corrected chi connectivity index (χ2v) is 8.86. The third-order valence-electron chi connectivity index (χ3n) is 6.01. The lowest BCUT2D eigenvalue weighted by Gasteiger charge is -2.32. The summed E-state index contributed by atoms with van der Waals surface area (Å²) >= 11 is 0. The van der Waals surface area contributed by atoms with Gasteiger partial charge in [-0.05, 0) is 43.8 Å². The van der Waals surface area contributed by atoms with Gasteiger partial charge in [-0.2, -0.15) is 4.98 Å². The Hall–Kier alpha value is -3.90. The van der Waals surface area contributed by atoms with E-state index in [0.717, 1.165) is 62.2 Å². The summed E-state index contributed by atoms with van der Waals surface area (Å²) in [6.45, 7) is 5.46. The molecular weight excluding hydrogens is 501 g/mol. The van der Waals surface area contributed by atoms with Crippen LogP contribution in [0.15, 0.2) is 48.7 Å². The summed E-state index contributed by atoms with van der Waals surface area (Å²) in [4.78, 5) is 26.4. The molecule has 0 atom stereocenters. The lowest BCUT2D eigenvalue weighted by atomic mass is 10.3. The lowest BCUT2D eigenvalue weighted by Crippen LogP contribution is -2.44. The van der Waals surface area contributed by atoms with Gasteiger partial charge in [-0.3, -0.25) is 4.90 Å². The molecule has 1 N–H and O–H groups in total. The minimum atomic E-state index is -0.987. The molecule has 4 rings (SSSR count). The molecule has 38 heavy (non-hydrogen) atoms. The fourth-order valence-electron chi connectivity index (χ4n) is 3.77. The highest BCUT2D eigenvalue weighted by Crippen LogP contribution is 2.24. The van der Waals surface area contributed by atoms with Crippen molar-refractivity contribution in [2.75, 3.05) is 63.6 Å². The van der Waals surface area contributed by atoms with Gasteiger partial charge in [0, 0.05) is 63.8 Å². The highest BCUT2D eigenvalue weighted by molar-refractivity contribution is 5.87. The molecule has 0 unspecified atom stereocenters. The average molecular weight is 531 g/mol. The second-order valence-electron chi connectivity index (χ2n) is 8.86. The van der Waals surface area contributed by atoms with E-state index in [1.54, 1.807) is 6.07 Å². The summed E-state index contributed by atoms with van der Waals surface area (Å²) in [5, 5.41) is 2.87. The third kappa shape index (κ3) is 7.33. The van der Waals surface area contributed by atoms with Crippen LogP contribution >= 0.6 is 0 Å². The number of nitrogens with one attached hydrogen (secondary N) is 1. The zero-order chi connectivity index (χ0) is 27.1. The average Bonchev–Trinajstić information content (AvgIpc) is 2.90. The number of carbonyl (C=O) groups excluding carboxylic acids is 1. The van der Waals surface area contributed by atoms with E-state index in [1.165, 1.54) is 31.4 Å². The van der Waals surface area contributed by atoms with Gasteiger partial charge < -0.3 is 24.6 Å². The van der Waals surface area contributed by atoms with Gasteiger partial charge >= 0.3 is 6.09 Å². The van der Waals surface area contributed by atoms with Crippen molar-refractivity contribution >= 4 is 23.5 Å². The molecule has 1 aromatic heterocycles. The molecule has 1 fully saturated rings. The maximum absolute atomic E-state index is 14.6. The Labute approximate surface area is 218 Å². The number of halogens is 3. The first-order valence-corrected chi connectivity index (χ1v) is 12.1. The monoisotopic (exact) mass is 530 g/mol. The van der Waals surface area contributed by atoms with Crippen LogP contribution in [0.2, 0.25) is 0 Å². The first kappa shape index (κ1) is 27.1. The first-order valence-electron chi connectivity index (χ1n) is 12.1. The number of aromatic nitrogens is 2. The van der Waals surface area contributed by atoms with E-state index in [2.05, 4.69) is 32.1 Å². The van der Waals surface area contributed by atoms with Crippen LogP contribution in [0.1, 0.15) is 6.42 Å². The third-order valence-corrected chi connectivity index (χ3v) is 6.01. The number of anilines is 3. The van der Waals surface area contributed by atoms with Crippen LogP contribution in [-0.2, 0) is 0 Å². The molecule has 2 heterocycles. The molecule has 9 nitrogen and oxygen atoms in total. The van der Waals surface area contributed by atoms with Crippen molar-refractivity contribution in [2.24, 2.45) is 0 Å². The van der Waals surface area contributed by atoms with E-state index in [4.69, 9.17) is 9.47 Å². The number of piperazine rings is 1. The maximum Gasteiger partial charge on any atom is 0.420 e. The number of rotatable bonds is 9. The maximum atomic E-state index is 14.6. The van der Waals surface area contributed by atoms with Crippen LogP contribution in [-0.4, -0.2) is 79.3 Å². The van der Waals surface area contributed by atoms with Crippen molar-refractivity contribution in [3.8, 4) is 11.5 Å². The molecule has 1 aliphatic heterocycles. The molecule has 0 radical (unpaired) electrons. The van der Waals surface area contributed by atoms with Crippen molar-refractivity contribution in [1.82, 2.24) is 19.8 Å². The molecule has 3 aromatic rings. The van der Waals surface area contributed by atoms with E-state index in [-0.39, 0.29) is 17.5 Å². The number of benzene rings is 2. The van der Waals surface area contributed by atoms with Crippen molar-refractivity contribution < 1.29 is 27.4 Å². The SMILES string of the molecule is CN1CCN(CCCOc2ccc(Nc3nccc(N(C)C(=O)Oc4cc(F)ccc4F)n3)cc2F)CC1. The molecule has 202 valence electrons. The van der Waals surface area contributed by atoms with E-state index >= 15 is 0 Å². The van der Waals surface area contributed by atoms with E-state index in [1.807, 2.05) is 0 Å². The standard InChI is InChI=1S/C26H29F3N6O3/c1-33-11-13-35(14-12-33)10-3-15-37-22-7-5-19(17-21(22)29)31-25-30-9-8-24(32-25)34(2)26(36)38-23-16-18(27)4-6-20(23)28/h4-9,16-17H,3,10-15H2,1-2H3,(H,30,31,32). The molecule has 0 aliphatic carbocycles. The number of ether oxygens (including phenoxy) is 2. The quantitative estimate of drug-likeness (QED) is 0.411. The van der Waals surface area contributed by atoms with E-state index in [9.17, 15) is 18.0 Å². The molecule has 2 aromatic carbocycles. The zero-order valence-corrected chi connectivity index (χ0v) is 21.2. The molecule has 12 heteroatoms. The highest BCUT2D eigenvalue weighted by atomic mass is 19.1. The summed E-state index contributed by atoms with van der Waals surface area (Å²) in [5.74, 6) is -2.38. The predicted octanol–water partition coefficient (Wildman–Crippen LogP) is 4.29. The smallest absolute Gasteiger partial charge is 0.420 e. The Bertz CT molecular complexity index is 1260. The zero-order valence-electron chi connectivity index (χ0n) is 21.2. The van der Waals surface area contributed by atoms with Crippen molar-refractivity contribution in [3.05, 3.63) is 66.1 Å². The number of hydrogen-bond donors (Lipinski definition) is 1. The van der Waals surface area contributed by atoms with E-state index in [0.29, 0.717) is 12.3 Å². The van der Waals surface area contributed by atoms with Crippen LogP contribution in [0, 0.1) is 17.5 Å². The number of nitrogens with zero attached hydrogens (tertiary/aromatic N) is 5. The van der Waals surface area contributed by atoms with Crippen LogP contribution in [0.5, 0.6) is 11.5 Å². The fourth-order valence-corrected chi connectivity index (χ4v) is 3.77. The van der Waals surface area contributed by atoms with Gasteiger partial charge in [0.2, 0.25) is 5.95 Å². The number of likely N-dealkylation sites (N-methyl/N-ethyl adjacent to an activating group) is 1. The van der Waals surface area contributed by atoms with E-state index < -0.39 is 29.3 Å². The summed E-state index contributed by atoms with van der Waals surface area (Å²) in [7, 11) is 3.46. The molecule has 0 bridgehead atoms. The van der Waals surface area contributed by atoms with Gasteiger partial charge in [0.1, 0.15) is 11.6 Å². The first-order chi connectivity index (χ1) is 18.3. The normalized spacial score (nSPS) is 14.2. The minimum absolute atomic E-state index is 0.0827. The van der Waals surface area contributed by atoms with Gasteiger partial charge in [-0.25, -0.2) is 22.9 Å². The Morgan fingerprint density at radius 1 is 1.03 bits per heavy atom. The van der Waals surface area contributed by atoms with Crippen molar-refractivity contribution in [1.29, 1.82) is 0 Å². The van der Waals surface area contributed by atoms with Gasteiger partial charge in [-0.15, -0.1) is 0 Å². The highest BCUT2D eigenvalue weighted by Gasteiger charge is 2.18. The van der Waals surface area contributed by atoms with Crippen molar-refractivity contribution in [2.45, 2.75) is 6.42 Å². The Kier molecular flexibility index (Phi) is 8.98. The Morgan fingerprint density at radius 2 is 1.82 bits per heavy atom. The van der Waals surface area contributed by atoms with Crippen molar-refractivity contribution in [3.63, 3.8) is 0 Å². The lowest BCUT2D eigenvalue weighted by molar-refractivity contribution is 0.145. The van der Waals surface area contributed by atoms with Crippen LogP contribution in [0.3, 0.4) is 0 Å². The topological polar surface area (TPSA) is 83.1 Å². The summed E-state index contributed by atoms with van der Waals surface area (Å²) in [6.07, 6.45) is 1.19.